The van der Waals surface area contributed by atoms with Crippen molar-refractivity contribution in [2.75, 3.05) is 0 Å². The standard InChI is InChI=1S/C23H21N3O2/c27-21-19-8-4-3-7-18(19)20(24-25-21)15-9-23(10-15)11-16(12-23)26-13-14-5-1-2-6-17(14)22(26)28/h1-8,15-16H,9-13H2,(H,25,27). The van der Waals surface area contributed by atoms with E-state index in [1.54, 1.807) is 0 Å². The van der Waals surface area contributed by atoms with Gasteiger partial charge in [-0.25, -0.2) is 5.10 Å². The molecule has 2 heterocycles. The largest absolute Gasteiger partial charge is 0.331 e. The Labute approximate surface area is 162 Å². The summed E-state index contributed by atoms with van der Waals surface area (Å²) in [4.78, 5) is 26.8. The summed E-state index contributed by atoms with van der Waals surface area (Å²) >= 11 is 0. The van der Waals surface area contributed by atoms with E-state index >= 15 is 0 Å². The lowest BCUT2D eigenvalue weighted by Gasteiger charge is -2.59. The minimum atomic E-state index is -0.121. The van der Waals surface area contributed by atoms with Gasteiger partial charge in [0.1, 0.15) is 0 Å². The van der Waals surface area contributed by atoms with Crippen LogP contribution in [0.5, 0.6) is 0 Å². The Morgan fingerprint density at radius 3 is 2.43 bits per heavy atom. The van der Waals surface area contributed by atoms with Gasteiger partial charge in [-0.1, -0.05) is 36.4 Å². The summed E-state index contributed by atoms with van der Waals surface area (Å²) < 4.78 is 0. The number of aromatic nitrogens is 2. The molecule has 0 bridgehead atoms. The van der Waals surface area contributed by atoms with Gasteiger partial charge in [-0.2, -0.15) is 5.10 Å². The molecule has 1 spiro atoms. The summed E-state index contributed by atoms with van der Waals surface area (Å²) in [6.07, 6.45) is 4.37. The van der Waals surface area contributed by atoms with E-state index in [0.29, 0.717) is 17.4 Å². The first kappa shape index (κ1) is 16.0. The van der Waals surface area contributed by atoms with Crippen LogP contribution in [0, 0.1) is 5.41 Å². The van der Waals surface area contributed by atoms with E-state index in [9.17, 15) is 9.59 Å². The Bertz CT molecular complexity index is 1170. The van der Waals surface area contributed by atoms with E-state index in [-0.39, 0.29) is 11.5 Å². The highest BCUT2D eigenvalue weighted by Crippen LogP contribution is 2.63. The van der Waals surface area contributed by atoms with Crippen molar-refractivity contribution in [2.45, 2.75) is 44.2 Å². The van der Waals surface area contributed by atoms with E-state index in [2.05, 4.69) is 21.2 Å². The molecule has 6 rings (SSSR count). The smallest absolute Gasteiger partial charge is 0.272 e. The third-order valence-electron chi connectivity index (χ3n) is 7.10. The second kappa shape index (κ2) is 5.53. The Hall–Kier alpha value is -2.95. The monoisotopic (exact) mass is 371 g/mol. The number of nitrogens with zero attached hydrogens (tertiary/aromatic N) is 2. The summed E-state index contributed by atoms with van der Waals surface area (Å²) in [6.45, 7) is 0.755. The molecule has 2 saturated carbocycles. The number of amides is 1. The fourth-order valence-electron chi connectivity index (χ4n) is 5.69. The molecule has 2 aliphatic carbocycles. The summed E-state index contributed by atoms with van der Waals surface area (Å²) in [7, 11) is 0. The van der Waals surface area contributed by atoms with E-state index in [1.165, 1.54) is 0 Å². The molecule has 0 unspecified atom stereocenters. The molecule has 2 aromatic carbocycles. The van der Waals surface area contributed by atoms with Gasteiger partial charge in [0.15, 0.2) is 0 Å². The number of rotatable bonds is 2. The van der Waals surface area contributed by atoms with Crippen molar-refractivity contribution in [1.29, 1.82) is 0 Å². The van der Waals surface area contributed by atoms with Crippen LogP contribution in [0.2, 0.25) is 0 Å². The Balaban J connectivity index is 1.17. The average molecular weight is 371 g/mol. The molecule has 2 fully saturated rings. The summed E-state index contributed by atoms with van der Waals surface area (Å²) in [5.41, 5.74) is 3.28. The molecule has 3 aliphatic rings. The third kappa shape index (κ3) is 2.16. The lowest BCUT2D eigenvalue weighted by atomic mass is 9.49. The molecule has 3 aromatic rings. The molecule has 0 atom stereocenters. The minimum absolute atomic E-state index is 0.121. The normalized spacial score (nSPS) is 28.3. The number of H-pyrrole nitrogens is 1. The molecule has 1 aliphatic heterocycles. The van der Waals surface area contributed by atoms with Crippen LogP contribution in [0.1, 0.15) is 53.2 Å². The summed E-state index contributed by atoms with van der Waals surface area (Å²) in [6, 6.07) is 16.1. The SMILES string of the molecule is O=C1c2ccccc2CN1C1CC2(CC(c3n[nH]c(=O)c4ccccc34)C2)C1. The quantitative estimate of drug-likeness (QED) is 0.748. The van der Waals surface area contributed by atoms with Gasteiger partial charge >= 0.3 is 0 Å². The highest BCUT2D eigenvalue weighted by Gasteiger charge is 2.56. The predicted molar refractivity (Wildman–Crippen MR) is 106 cm³/mol. The molecule has 28 heavy (non-hydrogen) atoms. The minimum Gasteiger partial charge on any atom is -0.331 e. The van der Waals surface area contributed by atoms with Crippen molar-refractivity contribution in [3.05, 3.63) is 75.7 Å². The van der Waals surface area contributed by atoms with E-state index in [1.807, 2.05) is 42.5 Å². The number of nitrogens with one attached hydrogen (secondary N) is 1. The Kier molecular flexibility index (Phi) is 3.17. The Morgan fingerprint density at radius 2 is 1.64 bits per heavy atom. The van der Waals surface area contributed by atoms with Crippen molar-refractivity contribution in [3.8, 4) is 0 Å². The zero-order valence-corrected chi connectivity index (χ0v) is 15.5. The molecule has 1 N–H and O–H groups in total. The predicted octanol–water partition coefficient (Wildman–Crippen LogP) is 3.61. The number of aromatic amines is 1. The lowest BCUT2D eigenvalue weighted by molar-refractivity contribution is -0.0589. The highest BCUT2D eigenvalue weighted by atomic mass is 16.2. The number of hydrogen-bond donors (Lipinski definition) is 1. The number of benzene rings is 2. The lowest BCUT2D eigenvalue weighted by Crippen LogP contribution is -2.55. The number of carbonyl (C=O) groups is 1. The van der Waals surface area contributed by atoms with Gasteiger partial charge in [-0.15, -0.1) is 0 Å². The Morgan fingerprint density at radius 1 is 0.929 bits per heavy atom. The number of carbonyl (C=O) groups excluding carboxylic acids is 1. The molecule has 0 saturated heterocycles. The average Bonchev–Trinajstić information content (AvgIpc) is 2.98. The first-order chi connectivity index (χ1) is 13.6. The maximum atomic E-state index is 12.7. The third-order valence-corrected chi connectivity index (χ3v) is 7.10. The molecule has 0 radical (unpaired) electrons. The van der Waals surface area contributed by atoms with Gasteiger partial charge in [-0.3, -0.25) is 9.59 Å². The van der Waals surface area contributed by atoms with Gasteiger partial charge in [0, 0.05) is 29.5 Å². The maximum Gasteiger partial charge on any atom is 0.272 e. The number of fused-ring (bicyclic) bond motifs is 2. The van der Waals surface area contributed by atoms with Gasteiger partial charge < -0.3 is 4.90 Å². The molecular formula is C23H21N3O2. The van der Waals surface area contributed by atoms with Crippen molar-refractivity contribution in [2.24, 2.45) is 5.41 Å². The summed E-state index contributed by atoms with van der Waals surface area (Å²) in [5.74, 6) is 0.591. The van der Waals surface area contributed by atoms with Crippen LogP contribution in [-0.2, 0) is 6.54 Å². The zero-order chi connectivity index (χ0) is 18.9. The van der Waals surface area contributed by atoms with Crippen LogP contribution in [0.4, 0.5) is 0 Å². The van der Waals surface area contributed by atoms with E-state index in [0.717, 1.165) is 59.8 Å². The van der Waals surface area contributed by atoms with E-state index in [4.69, 9.17) is 0 Å². The van der Waals surface area contributed by atoms with Crippen LogP contribution in [0.15, 0.2) is 53.3 Å². The van der Waals surface area contributed by atoms with Gasteiger partial charge in [0.05, 0.1) is 11.1 Å². The zero-order valence-electron chi connectivity index (χ0n) is 15.5. The molecule has 1 aromatic heterocycles. The highest BCUT2D eigenvalue weighted by molar-refractivity contribution is 5.98. The van der Waals surface area contributed by atoms with Crippen LogP contribution in [0.3, 0.4) is 0 Å². The molecule has 5 nitrogen and oxygen atoms in total. The van der Waals surface area contributed by atoms with Gasteiger partial charge in [0.25, 0.3) is 11.5 Å². The molecule has 1 amide bonds. The maximum absolute atomic E-state index is 12.7. The fraction of sp³-hybridized carbons (Fsp3) is 0.348. The fourth-order valence-corrected chi connectivity index (χ4v) is 5.69. The van der Waals surface area contributed by atoms with E-state index < -0.39 is 0 Å². The van der Waals surface area contributed by atoms with Crippen molar-refractivity contribution in [1.82, 2.24) is 15.1 Å². The van der Waals surface area contributed by atoms with Crippen molar-refractivity contribution >= 4 is 16.7 Å². The first-order valence-corrected chi connectivity index (χ1v) is 10.00. The van der Waals surface area contributed by atoms with Crippen LogP contribution < -0.4 is 5.56 Å². The topological polar surface area (TPSA) is 66.1 Å². The second-order valence-electron chi connectivity index (χ2n) is 8.74. The molecular weight excluding hydrogens is 350 g/mol. The summed E-state index contributed by atoms with van der Waals surface area (Å²) in [5, 5.41) is 8.75. The van der Waals surface area contributed by atoms with Crippen molar-refractivity contribution in [3.63, 3.8) is 0 Å². The van der Waals surface area contributed by atoms with Crippen LogP contribution in [-0.4, -0.2) is 27.0 Å². The first-order valence-electron chi connectivity index (χ1n) is 10.00. The van der Waals surface area contributed by atoms with Gasteiger partial charge in [0.2, 0.25) is 0 Å². The van der Waals surface area contributed by atoms with Gasteiger partial charge in [-0.05, 0) is 48.8 Å². The van der Waals surface area contributed by atoms with Crippen LogP contribution in [0.25, 0.3) is 10.8 Å². The molecule has 140 valence electrons. The van der Waals surface area contributed by atoms with Crippen molar-refractivity contribution < 1.29 is 4.79 Å². The van der Waals surface area contributed by atoms with Crippen LogP contribution >= 0.6 is 0 Å². The molecule has 5 heteroatoms. The second-order valence-corrected chi connectivity index (χ2v) is 8.74. The number of hydrogen-bond acceptors (Lipinski definition) is 3.